The van der Waals surface area contributed by atoms with E-state index in [0.29, 0.717) is 25.7 Å². The first-order valence-electron chi connectivity index (χ1n) is 39.8. The number of hydrogen-bond acceptors (Lipinski definition) is 15. The van der Waals surface area contributed by atoms with Crippen LogP contribution in [0.5, 0.6) is 0 Å². The van der Waals surface area contributed by atoms with Crippen molar-refractivity contribution in [2.45, 2.75) is 341 Å². The zero-order valence-corrected chi connectivity index (χ0v) is 65.8. The van der Waals surface area contributed by atoms with Gasteiger partial charge in [0.05, 0.1) is 26.4 Å². The molecule has 3 N–H and O–H groups in total. The molecule has 0 fully saturated rings. The lowest BCUT2D eigenvalue weighted by Crippen LogP contribution is -2.30. The van der Waals surface area contributed by atoms with Gasteiger partial charge in [0.15, 0.2) is 12.2 Å². The quantitative estimate of drug-likeness (QED) is 0.0169. The monoisotopic (exact) mass is 1470 g/mol. The number of aliphatic hydroxyl groups excluding tert-OH is 1. The molecule has 0 aromatic carbocycles. The number of ether oxygens (including phenoxy) is 4. The fourth-order valence-corrected chi connectivity index (χ4v) is 11.9. The summed E-state index contributed by atoms with van der Waals surface area (Å²) in [4.78, 5) is 73.0. The molecule has 0 heterocycles. The van der Waals surface area contributed by atoms with E-state index < -0.39 is 97.5 Å². The second-order valence-corrected chi connectivity index (χ2v) is 29.1. The molecule has 0 saturated carbocycles. The first kappa shape index (κ1) is 97.5. The second-order valence-electron chi connectivity index (χ2n) is 26.2. The number of phosphoric acid groups is 2. The lowest BCUT2D eigenvalue weighted by molar-refractivity contribution is -0.161. The van der Waals surface area contributed by atoms with E-state index in [4.69, 9.17) is 37.0 Å². The smallest absolute Gasteiger partial charge is 0.462 e. The standard InChI is InChI=1S/C83H142O17P2/c1-5-9-13-17-21-25-29-33-37-38-42-44-48-52-56-60-64-68-81(86)94-74-79(100-83(88)70-66-62-58-54-50-46-41-36-32-28-24-20-16-12-8-4)76-98-102(91,92)96-72-77(84)71-95-101(89,90)97-75-78(99-82(87)69-65-61-57-53-49-45-40-35-31-27-23-19-15-11-7-3)73-93-80(85)67-63-59-55-51-47-43-39-34-30-26-22-18-14-10-6-2/h9-10,13-14,21-23,25-27,33-37,39-42,44,77-79,84H,5-8,11-12,15-20,24,28-32,38,43,45-76H2,1-4H3,(H,89,90)(H,91,92)/b13-9-,14-10-,25-21-,26-22-,27-23-,37-33-,39-34-,40-35-,41-36-,44-42-. The highest BCUT2D eigenvalue weighted by atomic mass is 31.2. The minimum atomic E-state index is -4.99. The number of carbonyl (C=O) groups is 4. The van der Waals surface area contributed by atoms with Gasteiger partial charge in [0, 0.05) is 25.7 Å². The highest BCUT2D eigenvalue weighted by Crippen LogP contribution is 2.45. The normalized spacial score (nSPS) is 14.5. The molecule has 17 nitrogen and oxygen atoms in total. The van der Waals surface area contributed by atoms with Crippen LogP contribution in [0, 0.1) is 0 Å². The predicted octanol–water partition coefficient (Wildman–Crippen LogP) is 23.1. The molecule has 0 aliphatic rings. The summed E-state index contributed by atoms with van der Waals surface area (Å²) in [5.41, 5.74) is 0. The summed E-state index contributed by atoms with van der Waals surface area (Å²) in [5, 5.41) is 10.6. The van der Waals surface area contributed by atoms with Gasteiger partial charge in [0.25, 0.3) is 0 Å². The SMILES string of the molecule is CC/C=C\C/C=C\C/C=C\C/C=C\CCCCCCC(=O)OCC(COP(=O)(O)OCC(O)COP(=O)(O)OCC(COC(=O)CCCCCCC/C=C\C/C=C\C/C=C\CC)OC(=O)CCCCCCC/C=C\C/C=C\CCCCC)OC(=O)CCCCCCC/C=C\CCCCCCCC. The summed E-state index contributed by atoms with van der Waals surface area (Å²) in [5.74, 6) is -2.24. The summed E-state index contributed by atoms with van der Waals surface area (Å²) in [6.07, 6.45) is 81.7. The molecule has 0 aliphatic carbocycles. The molecule has 0 rings (SSSR count). The van der Waals surface area contributed by atoms with Crippen molar-refractivity contribution in [3.63, 3.8) is 0 Å². The van der Waals surface area contributed by atoms with Crippen molar-refractivity contribution >= 4 is 39.5 Å². The first-order chi connectivity index (χ1) is 49.7. The van der Waals surface area contributed by atoms with Gasteiger partial charge in [0.2, 0.25) is 0 Å². The Bertz CT molecular complexity index is 2410. The van der Waals surface area contributed by atoms with Crippen LogP contribution >= 0.6 is 15.6 Å². The van der Waals surface area contributed by atoms with Crippen LogP contribution < -0.4 is 0 Å². The minimum Gasteiger partial charge on any atom is -0.462 e. The molecule has 19 heteroatoms. The molecule has 5 atom stereocenters. The van der Waals surface area contributed by atoms with Gasteiger partial charge >= 0.3 is 39.5 Å². The molecule has 5 unspecified atom stereocenters. The molecule has 0 saturated heterocycles. The average molecular weight is 1470 g/mol. The van der Waals surface area contributed by atoms with Crippen molar-refractivity contribution in [3.05, 3.63) is 122 Å². The highest BCUT2D eigenvalue weighted by Gasteiger charge is 2.30. The lowest BCUT2D eigenvalue weighted by Gasteiger charge is -2.21. The predicted molar refractivity (Wildman–Crippen MR) is 418 cm³/mol. The number of allylic oxidation sites excluding steroid dienone is 20. The van der Waals surface area contributed by atoms with Gasteiger partial charge in [-0.1, -0.05) is 265 Å². The van der Waals surface area contributed by atoms with Gasteiger partial charge in [-0.3, -0.25) is 37.3 Å². The Hall–Kier alpha value is -4.54. The molecule has 0 aromatic heterocycles. The Labute approximate surface area is 619 Å². The third-order valence-corrected chi connectivity index (χ3v) is 18.3. The van der Waals surface area contributed by atoms with E-state index in [1.54, 1.807) is 0 Å². The Morgan fingerprint density at radius 1 is 0.284 bits per heavy atom. The van der Waals surface area contributed by atoms with Gasteiger partial charge in [0.1, 0.15) is 19.3 Å². The van der Waals surface area contributed by atoms with Crippen molar-refractivity contribution in [2.24, 2.45) is 0 Å². The summed E-state index contributed by atoms with van der Waals surface area (Å²) >= 11 is 0. The molecule has 0 aliphatic heterocycles. The minimum absolute atomic E-state index is 0.0728. The third-order valence-electron chi connectivity index (χ3n) is 16.4. The highest BCUT2D eigenvalue weighted by molar-refractivity contribution is 7.47. The molecule has 586 valence electrons. The van der Waals surface area contributed by atoms with Crippen molar-refractivity contribution in [1.29, 1.82) is 0 Å². The van der Waals surface area contributed by atoms with Crippen LogP contribution in [0.1, 0.15) is 323 Å². The van der Waals surface area contributed by atoms with Crippen LogP contribution in [0.4, 0.5) is 0 Å². The maximum atomic E-state index is 13.1. The number of unbranched alkanes of at least 4 members (excludes halogenated alkanes) is 28. The number of esters is 4. The average Bonchev–Trinajstić information content (AvgIpc) is 0.923. The van der Waals surface area contributed by atoms with Crippen LogP contribution in [0.25, 0.3) is 0 Å². The molecular formula is C83H142O17P2. The Morgan fingerprint density at radius 3 is 0.814 bits per heavy atom. The summed E-state index contributed by atoms with van der Waals surface area (Å²) in [6.45, 7) is 4.57. The summed E-state index contributed by atoms with van der Waals surface area (Å²) in [6, 6.07) is 0. The van der Waals surface area contributed by atoms with Gasteiger partial charge in [-0.25, -0.2) is 9.13 Å². The fraction of sp³-hybridized carbons (Fsp3) is 0.711. The van der Waals surface area contributed by atoms with Crippen LogP contribution in [-0.4, -0.2) is 96.7 Å². The molecule has 0 bridgehead atoms. The Morgan fingerprint density at radius 2 is 0.510 bits per heavy atom. The maximum absolute atomic E-state index is 13.1. The van der Waals surface area contributed by atoms with Crippen LogP contribution in [0.3, 0.4) is 0 Å². The number of carbonyl (C=O) groups excluding carboxylic acids is 4. The Kier molecular flexibility index (Phi) is 71.4. The molecule has 0 amide bonds. The summed E-state index contributed by atoms with van der Waals surface area (Å²) < 4.78 is 68.6. The number of phosphoric ester groups is 2. The second kappa shape index (κ2) is 74.7. The van der Waals surface area contributed by atoms with E-state index in [1.807, 2.05) is 0 Å². The molecule has 0 radical (unpaired) electrons. The van der Waals surface area contributed by atoms with Gasteiger partial charge in [-0.05, 0) is 154 Å². The zero-order valence-electron chi connectivity index (χ0n) is 64.0. The van der Waals surface area contributed by atoms with E-state index in [-0.39, 0.29) is 25.7 Å². The number of aliphatic hydroxyl groups is 1. The van der Waals surface area contributed by atoms with Gasteiger partial charge in [-0.15, -0.1) is 0 Å². The van der Waals surface area contributed by atoms with Crippen LogP contribution in [0.15, 0.2) is 122 Å². The molecule has 0 spiro atoms. The number of hydrogen-bond donors (Lipinski definition) is 3. The zero-order chi connectivity index (χ0) is 74.6. The van der Waals surface area contributed by atoms with Crippen molar-refractivity contribution in [1.82, 2.24) is 0 Å². The van der Waals surface area contributed by atoms with Crippen molar-refractivity contribution in [2.75, 3.05) is 39.6 Å². The lowest BCUT2D eigenvalue weighted by atomic mass is 10.1. The van der Waals surface area contributed by atoms with E-state index >= 15 is 0 Å². The van der Waals surface area contributed by atoms with Gasteiger partial charge < -0.3 is 33.8 Å². The fourth-order valence-electron chi connectivity index (χ4n) is 10.4. The third kappa shape index (κ3) is 73.8. The first-order valence-corrected chi connectivity index (χ1v) is 42.8. The maximum Gasteiger partial charge on any atom is 0.472 e. The molecule has 0 aromatic rings. The van der Waals surface area contributed by atoms with E-state index in [0.717, 1.165) is 186 Å². The van der Waals surface area contributed by atoms with Crippen LogP contribution in [0.2, 0.25) is 0 Å². The largest absolute Gasteiger partial charge is 0.472 e. The van der Waals surface area contributed by atoms with Crippen molar-refractivity contribution < 1.29 is 80.2 Å². The van der Waals surface area contributed by atoms with E-state index in [2.05, 4.69) is 149 Å². The molecule has 102 heavy (non-hydrogen) atoms. The summed E-state index contributed by atoms with van der Waals surface area (Å²) in [7, 11) is -9.98. The topological polar surface area (TPSA) is 237 Å². The van der Waals surface area contributed by atoms with E-state index in [9.17, 15) is 43.2 Å². The van der Waals surface area contributed by atoms with Crippen molar-refractivity contribution in [3.8, 4) is 0 Å². The van der Waals surface area contributed by atoms with Gasteiger partial charge in [-0.2, -0.15) is 0 Å². The van der Waals surface area contributed by atoms with E-state index in [1.165, 1.54) is 57.8 Å². The van der Waals surface area contributed by atoms with Crippen LogP contribution in [-0.2, 0) is 65.4 Å². The number of rotatable bonds is 74. The molecular weight excluding hydrogens is 1330 g/mol. The Balaban J connectivity index is 5.41.